The first kappa shape index (κ1) is 14.7. The average Bonchev–Trinajstić information content (AvgIpc) is 2.46. The van der Waals surface area contributed by atoms with E-state index < -0.39 is 0 Å². The van der Waals surface area contributed by atoms with Gasteiger partial charge in [0, 0.05) is 24.7 Å². The van der Waals surface area contributed by atoms with E-state index in [1.807, 2.05) is 4.90 Å². The van der Waals surface area contributed by atoms with Crippen LogP contribution in [-0.4, -0.2) is 56.0 Å². The minimum absolute atomic E-state index is 0.0471. The molecule has 1 aliphatic rings. The predicted molar refractivity (Wildman–Crippen MR) is 80.0 cm³/mol. The number of benzene rings is 1. The number of carbonyl (C=O) groups excluding carboxylic acids is 1. The Bertz CT molecular complexity index is 488. The Kier molecular flexibility index (Phi) is 4.49. The van der Waals surface area contributed by atoms with Crippen molar-refractivity contribution in [3.05, 3.63) is 23.8 Å². The summed E-state index contributed by atoms with van der Waals surface area (Å²) in [5, 5.41) is 0. The third-order valence-electron chi connectivity index (χ3n) is 3.89. The van der Waals surface area contributed by atoms with E-state index >= 15 is 0 Å². The van der Waals surface area contributed by atoms with Crippen molar-refractivity contribution < 1.29 is 9.53 Å². The molecule has 5 heteroatoms. The molecule has 0 saturated carbocycles. The molecule has 0 bridgehead atoms. The van der Waals surface area contributed by atoms with Crippen LogP contribution in [0, 0.1) is 0 Å². The van der Waals surface area contributed by atoms with E-state index in [2.05, 4.69) is 19.0 Å². The molecule has 0 radical (unpaired) electrons. The van der Waals surface area contributed by atoms with E-state index in [1.165, 1.54) is 0 Å². The number of nitrogens with zero attached hydrogens (tertiary/aromatic N) is 2. The Morgan fingerprint density at radius 2 is 2.20 bits per heavy atom. The lowest BCUT2D eigenvalue weighted by molar-refractivity contribution is 0.0635. The predicted octanol–water partition coefficient (Wildman–Crippen LogP) is 1.44. The smallest absolute Gasteiger partial charge is 0.253 e. The van der Waals surface area contributed by atoms with Crippen LogP contribution in [0.2, 0.25) is 0 Å². The van der Waals surface area contributed by atoms with Crippen molar-refractivity contribution in [1.29, 1.82) is 0 Å². The molecule has 1 aromatic rings. The Balaban J connectivity index is 2.12. The second-order valence-electron chi connectivity index (χ2n) is 5.47. The molecule has 0 aliphatic carbocycles. The number of anilines is 1. The number of likely N-dealkylation sites (N-methyl/N-ethyl adjacent to an activating group) is 1. The van der Waals surface area contributed by atoms with Crippen LogP contribution in [0.15, 0.2) is 18.2 Å². The van der Waals surface area contributed by atoms with E-state index in [9.17, 15) is 4.79 Å². The molecule has 110 valence electrons. The minimum Gasteiger partial charge on any atom is -0.495 e. The number of ether oxygens (including phenoxy) is 1. The number of nitrogens with two attached hydrogens (primary N) is 1. The number of amides is 1. The fourth-order valence-corrected chi connectivity index (χ4v) is 2.61. The molecule has 1 aliphatic heterocycles. The van der Waals surface area contributed by atoms with Gasteiger partial charge in [-0.2, -0.15) is 0 Å². The van der Waals surface area contributed by atoms with Crippen molar-refractivity contribution in [3.8, 4) is 5.75 Å². The zero-order chi connectivity index (χ0) is 14.7. The van der Waals surface area contributed by atoms with Crippen LogP contribution in [0.1, 0.15) is 23.2 Å². The fraction of sp³-hybridized carbons (Fsp3) is 0.533. The van der Waals surface area contributed by atoms with Crippen LogP contribution < -0.4 is 10.5 Å². The highest BCUT2D eigenvalue weighted by atomic mass is 16.5. The van der Waals surface area contributed by atoms with Gasteiger partial charge in [-0.15, -0.1) is 0 Å². The molecule has 5 nitrogen and oxygen atoms in total. The quantitative estimate of drug-likeness (QED) is 0.849. The number of hydrogen-bond acceptors (Lipinski definition) is 4. The van der Waals surface area contributed by atoms with Gasteiger partial charge in [0.1, 0.15) is 5.75 Å². The molecule has 1 amide bonds. The molecule has 1 unspecified atom stereocenters. The number of hydrogen-bond donors (Lipinski definition) is 1. The van der Waals surface area contributed by atoms with Crippen molar-refractivity contribution in [2.24, 2.45) is 0 Å². The summed E-state index contributed by atoms with van der Waals surface area (Å²) >= 11 is 0. The Hall–Kier alpha value is -1.75. The van der Waals surface area contributed by atoms with Crippen molar-refractivity contribution in [3.63, 3.8) is 0 Å². The van der Waals surface area contributed by atoms with Crippen molar-refractivity contribution in [1.82, 2.24) is 9.80 Å². The summed E-state index contributed by atoms with van der Waals surface area (Å²) in [5.41, 5.74) is 7.00. The van der Waals surface area contributed by atoms with E-state index in [1.54, 1.807) is 25.3 Å². The summed E-state index contributed by atoms with van der Waals surface area (Å²) in [5.74, 6) is 0.650. The van der Waals surface area contributed by atoms with Gasteiger partial charge >= 0.3 is 0 Å². The number of rotatable bonds is 3. The van der Waals surface area contributed by atoms with Crippen molar-refractivity contribution >= 4 is 11.6 Å². The lowest BCUT2D eigenvalue weighted by Crippen LogP contribution is -2.47. The zero-order valence-electron chi connectivity index (χ0n) is 12.4. The maximum atomic E-state index is 12.5. The first-order valence-corrected chi connectivity index (χ1v) is 6.92. The van der Waals surface area contributed by atoms with E-state index in [-0.39, 0.29) is 5.91 Å². The van der Waals surface area contributed by atoms with Gasteiger partial charge in [-0.25, -0.2) is 0 Å². The van der Waals surface area contributed by atoms with Gasteiger partial charge in [0.05, 0.1) is 12.8 Å². The summed E-state index contributed by atoms with van der Waals surface area (Å²) in [6, 6.07) is 5.65. The molecule has 0 aromatic heterocycles. The average molecular weight is 277 g/mol. The number of likely N-dealkylation sites (tertiary alicyclic amines) is 1. The topological polar surface area (TPSA) is 58.8 Å². The summed E-state index contributed by atoms with van der Waals surface area (Å²) in [7, 11) is 5.69. The maximum Gasteiger partial charge on any atom is 0.253 e. The molecule has 1 saturated heterocycles. The zero-order valence-corrected chi connectivity index (χ0v) is 12.4. The second-order valence-corrected chi connectivity index (χ2v) is 5.47. The lowest BCUT2D eigenvalue weighted by Gasteiger charge is -2.36. The molecule has 1 atom stereocenters. The molecule has 1 fully saturated rings. The highest BCUT2D eigenvalue weighted by molar-refractivity contribution is 5.95. The van der Waals surface area contributed by atoms with E-state index in [0.29, 0.717) is 23.0 Å². The summed E-state index contributed by atoms with van der Waals surface area (Å²) < 4.78 is 5.12. The number of methoxy groups -OCH3 is 1. The first-order valence-electron chi connectivity index (χ1n) is 6.92. The van der Waals surface area contributed by atoms with Crippen molar-refractivity contribution in [2.45, 2.75) is 18.9 Å². The summed E-state index contributed by atoms with van der Waals surface area (Å²) in [6.07, 6.45) is 2.18. The maximum absolute atomic E-state index is 12.5. The van der Waals surface area contributed by atoms with Crippen LogP contribution in [0.3, 0.4) is 0 Å². The van der Waals surface area contributed by atoms with Crippen LogP contribution >= 0.6 is 0 Å². The fourth-order valence-electron chi connectivity index (χ4n) is 2.61. The highest BCUT2D eigenvalue weighted by Crippen LogP contribution is 2.24. The largest absolute Gasteiger partial charge is 0.495 e. The first-order chi connectivity index (χ1) is 9.52. The Morgan fingerprint density at radius 1 is 1.45 bits per heavy atom. The normalized spacial score (nSPS) is 19.2. The third kappa shape index (κ3) is 3.04. The molecule has 2 rings (SSSR count). The van der Waals surface area contributed by atoms with E-state index in [0.717, 1.165) is 25.9 Å². The molecule has 1 aromatic carbocycles. The lowest BCUT2D eigenvalue weighted by atomic mass is 10.0. The Labute approximate surface area is 120 Å². The van der Waals surface area contributed by atoms with Gasteiger partial charge in [-0.1, -0.05) is 0 Å². The molecule has 20 heavy (non-hydrogen) atoms. The molecular weight excluding hydrogens is 254 g/mol. The van der Waals surface area contributed by atoms with Gasteiger partial charge < -0.3 is 20.3 Å². The summed E-state index contributed by atoms with van der Waals surface area (Å²) in [4.78, 5) is 16.6. The molecular formula is C15H23N3O2. The Morgan fingerprint density at radius 3 is 2.80 bits per heavy atom. The van der Waals surface area contributed by atoms with Gasteiger partial charge in [-0.3, -0.25) is 4.79 Å². The summed E-state index contributed by atoms with van der Waals surface area (Å²) in [6.45, 7) is 1.59. The third-order valence-corrected chi connectivity index (χ3v) is 3.89. The van der Waals surface area contributed by atoms with Crippen LogP contribution in [0.5, 0.6) is 5.75 Å². The van der Waals surface area contributed by atoms with Crippen LogP contribution in [0.25, 0.3) is 0 Å². The monoisotopic (exact) mass is 277 g/mol. The van der Waals surface area contributed by atoms with Crippen molar-refractivity contribution in [2.75, 3.05) is 40.0 Å². The number of carbonyl (C=O) groups is 1. The number of nitrogen functional groups attached to an aromatic ring is 1. The SMILES string of the molecule is COc1ccc(C(=O)N2CCCC(N(C)C)C2)cc1N. The van der Waals surface area contributed by atoms with Crippen LogP contribution in [-0.2, 0) is 0 Å². The van der Waals surface area contributed by atoms with Gasteiger partial charge in [0.15, 0.2) is 0 Å². The standard InChI is InChI=1S/C15H23N3O2/c1-17(2)12-5-4-8-18(10-12)15(19)11-6-7-14(20-3)13(16)9-11/h6-7,9,12H,4-5,8,10,16H2,1-3H3. The van der Waals surface area contributed by atoms with Gasteiger partial charge in [-0.05, 0) is 45.1 Å². The number of piperidine rings is 1. The molecule has 1 heterocycles. The highest BCUT2D eigenvalue weighted by Gasteiger charge is 2.25. The molecule has 0 spiro atoms. The molecule has 2 N–H and O–H groups in total. The second kappa shape index (κ2) is 6.13. The van der Waals surface area contributed by atoms with Gasteiger partial charge in [0.25, 0.3) is 5.91 Å². The van der Waals surface area contributed by atoms with Gasteiger partial charge in [0.2, 0.25) is 0 Å². The van der Waals surface area contributed by atoms with E-state index in [4.69, 9.17) is 10.5 Å². The van der Waals surface area contributed by atoms with Crippen LogP contribution in [0.4, 0.5) is 5.69 Å². The minimum atomic E-state index is 0.0471.